The number of likely N-dealkylation sites (tertiary alicyclic amines) is 1. The summed E-state index contributed by atoms with van der Waals surface area (Å²) in [5.74, 6) is 0.296. The van der Waals surface area contributed by atoms with Crippen LogP contribution in [0.15, 0.2) is 23.8 Å². The highest BCUT2D eigenvalue weighted by atomic mass is 32.1. The Bertz CT molecular complexity index is 796. The van der Waals surface area contributed by atoms with Crippen molar-refractivity contribution >= 4 is 28.8 Å². The van der Waals surface area contributed by atoms with Gasteiger partial charge in [0.15, 0.2) is 0 Å². The van der Waals surface area contributed by atoms with Gasteiger partial charge in [-0.25, -0.2) is 14.2 Å². The first-order chi connectivity index (χ1) is 12.0. The number of nitrogens with zero attached hydrogens (tertiary/aromatic N) is 3. The number of carbonyl (C=O) groups is 1. The molecule has 0 saturated carbocycles. The van der Waals surface area contributed by atoms with Gasteiger partial charge in [0.1, 0.15) is 11.6 Å². The largest absolute Gasteiger partial charge is 0.392 e. The molecule has 6 nitrogen and oxygen atoms in total. The van der Waals surface area contributed by atoms with Gasteiger partial charge < -0.3 is 10.0 Å². The van der Waals surface area contributed by atoms with E-state index in [1.165, 1.54) is 6.07 Å². The van der Waals surface area contributed by atoms with Crippen molar-refractivity contribution in [2.75, 3.05) is 18.4 Å². The Morgan fingerprint density at radius 2 is 2.20 bits per heavy atom. The van der Waals surface area contributed by atoms with E-state index in [-0.39, 0.29) is 18.5 Å². The summed E-state index contributed by atoms with van der Waals surface area (Å²) in [6, 6.07) is 4.54. The normalized spacial score (nSPS) is 14.5. The third-order valence-electron chi connectivity index (χ3n) is 4.04. The molecule has 8 heteroatoms. The molecule has 2 amide bonds. The minimum atomic E-state index is -0.342. The number of aliphatic hydroxyl groups excluding tert-OH is 1. The molecule has 0 aliphatic carbocycles. The highest BCUT2D eigenvalue weighted by Gasteiger charge is 2.20. The van der Waals surface area contributed by atoms with Crippen molar-refractivity contribution in [1.82, 2.24) is 14.3 Å². The lowest BCUT2D eigenvalue weighted by Crippen LogP contribution is -2.39. The first kappa shape index (κ1) is 17.5. The van der Waals surface area contributed by atoms with E-state index in [0.29, 0.717) is 48.0 Å². The Labute approximate surface area is 149 Å². The van der Waals surface area contributed by atoms with E-state index in [1.54, 1.807) is 24.0 Å². The average molecular weight is 362 g/mol. The van der Waals surface area contributed by atoms with Crippen LogP contribution in [-0.2, 0) is 6.61 Å². The minimum Gasteiger partial charge on any atom is -0.392 e. The molecule has 1 aromatic heterocycles. The highest BCUT2D eigenvalue weighted by Crippen LogP contribution is 2.22. The van der Waals surface area contributed by atoms with Crippen LogP contribution >= 0.6 is 11.5 Å². The summed E-state index contributed by atoms with van der Waals surface area (Å²) >= 11 is 1.16. The van der Waals surface area contributed by atoms with Gasteiger partial charge in [-0.1, -0.05) is 23.8 Å². The molecule has 132 valence electrons. The molecule has 0 unspecified atom stereocenters. The van der Waals surface area contributed by atoms with Crippen LogP contribution in [0.1, 0.15) is 29.8 Å². The summed E-state index contributed by atoms with van der Waals surface area (Å²) in [6.07, 6.45) is 3.23. The molecule has 1 fully saturated rings. The van der Waals surface area contributed by atoms with Crippen molar-refractivity contribution in [3.8, 4) is 0 Å². The van der Waals surface area contributed by atoms with Crippen LogP contribution in [0.5, 0.6) is 0 Å². The van der Waals surface area contributed by atoms with Crippen LogP contribution < -0.4 is 5.32 Å². The zero-order chi connectivity index (χ0) is 17.8. The molecule has 2 N–H and O–H groups in total. The number of aromatic nitrogens is 2. The fraction of sp³-hybridized carbons (Fsp3) is 0.353. The molecule has 2 heterocycles. The summed E-state index contributed by atoms with van der Waals surface area (Å²) in [5, 5.41) is 12.3. The monoisotopic (exact) mass is 362 g/mol. The van der Waals surface area contributed by atoms with Crippen LogP contribution in [0.4, 0.5) is 14.3 Å². The maximum atomic E-state index is 14.0. The van der Waals surface area contributed by atoms with Crippen molar-refractivity contribution in [1.29, 1.82) is 0 Å². The van der Waals surface area contributed by atoms with E-state index in [2.05, 4.69) is 14.7 Å². The van der Waals surface area contributed by atoms with E-state index in [4.69, 9.17) is 5.11 Å². The molecule has 0 radical (unpaired) electrons. The lowest BCUT2D eigenvalue weighted by atomic mass is 10.0. The van der Waals surface area contributed by atoms with Crippen LogP contribution in [0.2, 0.25) is 0 Å². The van der Waals surface area contributed by atoms with Crippen molar-refractivity contribution in [2.45, 2.75) is 26.4 Å². The van der Waals surface area contributed by atoms with E-state index < -0.39 is 0 Å². The number of amides is 2. The quantitative estimate of drug-likeness (QED) is 0.879. The number of hydrogen-bond donors (Lipinski definition) is 2. The second-order valence-electron chi connectivity index (χ2n) is 5.88. The van der Waals surface area contributed by atoms with Gasteiger partial charge in [0.05, 0.1) is 6.61 Å². The molecule has 1 aliphatic rings. The van der Waals surface area contributed by atoms with Gasteiger partial charge in [-0.2, -0.15) is 4.37 Å². The first-order valence-corrected chi connectivity index (χ1v) is 8.77. The molecular weight excluding hydrogens is 343 g/mol. The number of anilines is 1. The van der Waals surface area contributed by atoms with Gasteiger partial charge in [0, 0.05) is 30.2 Å². The van der Waals surface area contributed by atoms with Crippen LogP contribution in [0.3, 0.4) is 0 Å². The fourth-order valence-electron chi connectivity index (χ4n) is 2.67. The fourth-order valence-corrected chi connectivity index (χ4v) is 3.23. The predicted octanol–water partition coefficient (Wildman–Crippen LogP) is 3.19. The maximum Gasteiger partial charge on any atom is 0.323 e. The summed E-state index contributed by atoms with van der Waals surface area (Å²) in [4.78, 5) is 18.1. The standard InChI is InChI=1S/C17H19FN4O2S/c1-11-19-16(25-21-11)20-17(24)22-6-4-12(5-7-22)8-14-3-2-13(10-23)9-15(14)18/h2-3,8-9,23H,4-7,10H2,1H3,(H,19,20,21,24). The molecule has 0 bridgehead atoms. The van der Waals surface area contributed by atoms with E-state index >= 15 is 0 Å². The smallest absolute Gasteiger partial charge is 0.323 e. The Balaban J connectivity index is 1.58. The second-order valence-corrected chi connectivity index (χ2v) is 6.63. The minimum absolute atomic E-state index is 0.175. The number of benzene rings is 1. The number of hydrogen-bond acceptors (Lipinski definition) is 5. The lowest BCUT2D eigenvalue weighted by molar-refractivity contribution is 0.208. The third kappa shape index (κ3) is 4.40. The van der Waals surface area contributed by atoms with Gasteiger partial charge >= 0.3 is 6.03 Å². The number of urea groups is 1. The van der Waals surface area contributed by atoms with Gasteiger partial charge in [-0.15, -0.1) is 0 Å². The van der Waals surface area contributed by atoms with Crippen LogP contribution in [0, 0.1) is 12.7 Å². The number of piperidine rings is 1. The van der Waals surface area contributed by atoms with Crippen molar-refractivity contribution in [3.63, 3.8) is 0 Å². The molecule has 0 atom stereocenters. The Morgan fingerprint density at radius 3 is 2.80 bits per heavy atom. The lowest BCUT2D eigenvalue weighted by Gasteiger charge is -2.28. The summed E-state index contributed by atoms with van der Waals surface area (Å²) in [7, 11) is 0. The van der Waals surface area contributed by atoms with E-state index in [0.717, 1.165) is 17.1 Å². The number of halogens is 1. The van der Waals surface area contributed by atoms with E-state index in [9.17, 15) is 9.18 Å². The SMILES string of the molecule is Cc1nsc(NC(=O)N2CCC(=Cc3ccc(CO)cc3F)CC2)n1. The van der Waals surface area contributed by atoms with E-state index in [1.807, 2.05) is 6.08 Å². The van der Waals surface area contributed by atoms with Gasteiger partial charge in [-0.05, 0) is 31.4 Å². The average Bonchev–Trinajstić information content (AvgIpc) is 3.02. The zero-order valence-corrected chi connectivity index (χ0v) is 14.6. The van der Waals surface area contributed by atoms with Gasteiger partial charge in [0.25, 0.3) is 0 Å². The molecule has 1 aliphatic heterocycles. The first-order valence-electron chi connectivity index (χ1n) is 8.00. The van der Waals surface area contributed by atoms with Gasteiger partial charge in [-0.3, -0.25) is 5.32 Å². The van der Waals surface area contributed by atoms with Crippen molar-refractivity contribution < 1.29 is 14.3 Å². The number of aliphatic hydroxyl groups is 1. The van der Waals surface area contributed by atoms with Crippen LogP contribution in [-0.4, -0.2) is 38.5 Å². The summed E-state index contributed by atoms with van der Waals surface area (Å²) in [6.45, 7) is 2.75. The zero-order valence-electron chi connectivity index (χ0n) is 13.8. The van der Waals surface area contributed by atoms with Crippen molar-refractivity contribution in [2.24, 2.45) is 0 Å². The number of nitrogens with one attached hydrogen (secondary N) is 1. The number of carbonyl (C=O) groups excluding carboxylic acids is 1. The molecule has 3 rings (SSSR count). The molecule has 1 saturated heterocycles. The molecule has 2 aromatic rings. The third-order valence-corrected chi connectivity index (χ3v) is 4.76. The second kappa shape index (κ2) is 7.71. The summed E-state index contributed by atoms with van der Waals surface area (Å²) < 4.78 is 18.0. The Hall–Kier alpha value is -2.32. The molecule has 0 spiro atoms. The Morgan fingerprint density at radius 1 is 1.44 bits per heavy atom. The van der Waals surface area contributed by atoms with Gasteiger partial charge in [0.2, 0.25) is 5.13 Å². The number of rotatable bonds is 3. The summed E-state index contributed by atoms with van der Waals surface area (Å²) in [5.41, 5.74) is 2.17. The van der Waals surface area contributed by atoms with Crippen molar-refractivity contribution in [3.05, 3.63) is 46.5 Å². The predicted molar refractivity (Wildman–Crippen MR) is 94.8 cm³/mol. The van der Waals surface area contributed by atoms with Crippen LogP contribution in [0.25, 0.3) is 6.08 Å². The number of aryl methyl sites for hydroxylation is 1. The maximum absolute atomic E-state index is 14.0. The topological polar surface area (TPSA) is 78.4 Å². The Kier molecular flexibility index (Phi) is 5.40. The highest BCUT2D eigenvalue weighted by molar-refractivity contribution is 7.09. The molecular formula is C17H19FN4O2S. The molecule has 25 heavy (non-hydrogen) atoms. The molecule has 1 aromatic carbocycles.